The van der Waals surface area contributed by atoms with Gasteiger partial charge in [0.15, 0.2) is 0 Å². The normalized spacial score (nSPS) is 14.6. The highest BCUT2D eigenvalue weighted by Crippen LogP contribution is 1.88. The number of hydrogen-bond acceptors (Lipinski definition) is 3. The summed E-state index contributed by atoms with van der Waals surface area (Å²) in [5.74, 6) is 0. The van der Waals surface area contributed by atoms with E-state index < -0.39 is 0 Å². The number of rotatable bonds is 2. The van der Waals surface area contributed by atoms with Gasteiger partial charge in [-0.25, -0.2) is 4.40 Å². The largest absolute Gasteiger partial charge is 0.373 e. The Kier molecular flexibility index (Phi) is 9.00. The number of nitrogens with zero attached hydrogens (tertiary/aromatic N) is 1. The Hall–Kier alpha value is -0.540. The molecule has 0 unspecified atom stereocenters. The third-order valence-electron chi connectivity index (χ3n) is 0.866. The second-order valence-corrected chi connectivity index (χ2v) is 2.26. The van der Waals surface area contributed by atoms with Crippen molar-refractivity contribution in [3.05, 3.63) is 24.8 Å². The average Bonchev–Trinajstić information content (AvgIpc) is 2.57. The fourth-order valence-electron chi connectivity index (χ4n) is 0.444. The topological polar surface area (TPSA) is 21.6 Å². The number of ether oxygens (including phenoxy) is 1. The maximum absolute atomic E-state index is 4.83. The van der Waals surface area contributed by atoms with Crippen molar-refractivity contribution in [1.29, 1.82) is 0 Å². The van der Waals surface area contributed by atoms with E-state index in [4.69, 9.17) is 4.74 Å². The molecular weight excluding hydrogens is 158 g/mol. The van der Waals surface area contributed by atoms with E-state index in [2.05, 4.69) is 11.0 Å². The van der Waals surface area contributed by atoms with Crippen LogP contribution in [0, 0.1) is 0 Å². The Morgan fingerprint density at radius 1 is 1.55 bits per heavy atom. The van der Waals surface area contributed by atoms with E-state index in [1.165, 1.54) is 11.9 Å². The van der Waals surface area contributed by atoms with Crippen LogP contribution in [0.25, 0.3) is 0 Å². The first kappa shape index (κ1) is 10.5. The molecule has 62 valence electrons. The van der Waals surface area contributed by atoms with E-state index >= 15 is 0 Å². The number of allylic oxidation sites excluding steroid dienone is 1. The summed E-state index contributed by atoms with van der Waals surface area (Å²) in [6, 6.07) is 0. The standard InChI is InChI=1S/C4H7NS.C4H6O/c1-3-4-5-6-2;1-2-4-5-3-1/h3-4H,1H2,2H3;1-2H,3-4H2/b5-4-;. The summed E-state index contributed by atoms with van der Waals surface area (Å²) in [6.45, 7) is 5.07. The van der Waals surface area contributed by atoms with Crippen molar-refractivity contribution in [1.82, 2.24) is 0 Å². The molecule has 3 heteroatoms. The third kappa shape index (κ3) is 9.46. The van der Waals surface area contributed by atoms with E-state index in [0.717, 1.165) is 13.2 Å². The lowest BCUT2D eigenvalue weighted by Gasteiger charge is -1.77. The van der Waals surface area contributed by atoms with Gasteiger partial charge in [-0.05, 0) is 11.9 Å². The maximum atomic E-state index is 4.83. The van der Waals surface area contributed by atoms with Gasteiger partial charge < -0.3 is 4.74 Å². The Balaban J connectivity index is 0.000000183. The lowest BCUT2D eigenvalue weighted by molar-refractivity contribution is 0.213. The van der Waals surface area contributed by atoms with Gasteiger partial charge in [0.25, 0.3) is 0 Å². The van der Waals surface area contributed by atoms with Crippen LogP contribution >= 0.6 is 11.9 Å². The minimum absolute atomic E-state index is 0.819. The summed E-state index contributed by atoms with van der Waals surface area (Å²) < 4.78 is 8.60. The molecule has 0 aromatic heterocycles. The molecule has 0 radical (unpaired) electrons. The Labute approximate surface area is 72.2 Å². The molecule has 0 N–H and O–H groups in total. The zero-order chi connectivity index (χ0) is 8.36. The quantitative estimate of drug-likeness (QED) is 0.360. The first-order valence-electron chi connectivity index (χ1n) is 3.32. The Morgan fingerprint density at radius 2 is 2.18 bits per heavy atom. The van der Waals surface area contributed by atoms with Crippen molar-refractivity contribution in [2.24, 2.45) is 4.40 Å². The molecule has 0 spiro atoms. The van der Waals surface area contributed by atoms with Crippen molar-refractivity contribution in [3.8, 4) is 0 Å². The van der Waals surface area contributed by atoms with E-state index in [0.29, 0.717) is 0 Å². The highest BCUT2D eigenvalue weighted by atomic mass is 32.2. The fraction of sp³-hybridized carbons (Fsp3) is 0.375. The molecule has 0 aromatic rings. The van der Waals surface area contributed by atoms with Crippen LogP contribution in [0.15, 0.2) is 29.2 Å². The summed E-state index contributed by atoms with van der Waals surface area (Å²) in [7, 11) is 0. The van der Waals surface area contributed by atoms with Gasteiger partial charge >= 0.3 is 0 Å². The summed E-state index contributed by atoms with van der Waals surface area (Å²) in [5.41, 5.74) is 0. The summed E-state index contributed by atoms with van der Waals surface area (Å²) in [6.07, 6.45) is 9.24. The lowest BCUT2D eigenvalue weighted by atomic mass is 10.6. The van der Waals surface area contributed by atoms with Crippen molar-refractivity contribution < 1.29 is 4.74 Å². The molecule has 1 aliphatic heterocycles. The van der Waals surface area contributed by atoms with Gasteiger partial charge in [0.1, 0.15) is 0 Å². The predicted molar refractivity (Wildman–Crippen MR) is 52.2 cm³/mol. The van der Waals surface area contributed by atoms with Crippen LogP contribution in [0.2, 0.25) is 0 Å². The van der Waals surface area contributed by atoms with Gasteiger partial charge in [0, 0.05) is 12.5 Å². The smallest absolute Gasteiger partial charge is 0.0652 e. The minimum Gasteiger partial charge on any atom is -0.373 e. The van der Waals surface area contributed by atoms with Crippen molar-refractivity contribution in [3.63, 3.8) is 0 Å². The molecule has 0 bridgehead atoms. The zero-order valence-electron chi connectivity index (χ0n) is 6.69. The van der Waals surface area contributed by atoms with Gasteiger partial charge in [-0.2, -0.15) is 0 Å². The predicted octanol–water partition coefficient (Wildman–Crippen LogP) is 2.09. The Bertz CT molecular complexity index is 137. The summed E-state index contributed by atoms with van der Waals surface area (Å²) in [4.78, 5) is 0. The Morgan fingerprint density at radius 3 is 2.36 bits per heavy atom. The van der Waals surface area contributed by atoms with Crippen LogP contribution in [0.1, 0.15) is 0 Å². The number of hydrogen-bond donors (Lipinski definition) is 0. The first-order chi connectivity index (χ1) is 5.41. The van der Waals surface area contributed by atoms with Crippen LogP contribution in [0.4, 0.5) is 0 Å². The maximum Gasteiger partial charge on any atom is 0.0652 e. The molecule has 0 fully saturated rings. The van der Waals surface area contributed by atoms with Gasteiger partial charge in [0.2, 0.25) is 0 Å². The molecule has 1 aliphatic rings. The summed E-state index contributed by atoms with van der Waals surface area (Å²) >= 11 is 1.42. The molecule has 0 saturated carbocycles. The van der Waals surface area contributed by atoms with E-state index in [9.17, 15) is 0 Å². The van der Waals surface area contributed by atoms with Crippen LogP contribution in [0.3, 0.4) is 0 Å². The van der Waals surface area contributed by atoms with Crippen molar-refractivity contribution in [2.45, 2.75) is 0 Å². The van der Waals surface area contributed by atoms with Gasteiger partial charge in [-0.15, -0.1) is 0 Å². The molecule has 0 amide bonds. The average molecular weight is 171 g/mol. The molecule has 0 saturated heterocycles. The van der Waals surface area contributed by atoms with E-state index in [-0.39, 0.29) is 0 Å². The van der Waals surface area contributed by atoms with Crippen LogP contribution in [-0.2, 0) is 4.74 Å². The monoisotopic (exact) mass is 171 g/mol. The molecule has 0 aromatic carbocycles. The molecule has 11 heavy (non-hydrogen) atoms. The fourth-order valence-corrected chi connectivity index (χ4v) is 0.652. The SMILES string of the molecule is C1=CCOC1.C=C/C=N\SC. The molecule has 2 nitrogen and oxygen atoms in total. The zero-order valence-corrected chi connectivity index (χ0v) is 7.51. The van der Waals surface area contributed by atoms with Crippen molar-refractivity contribution in [2.75, 3.05) is 19.5 Å². The van der Waals surface area contributed by atoms with E-state index in [1.54, 1.807) is 12.3 Å². The molecular formula is C8H13NOS. The molecule has 0 aliphatic carbocycles. The van der Waals surface area contributed by atoms with Crippen LogP contribution < -0.4 is 0 Å². The van der Waals surface area contributed by atoms with Gasteiger partial charge in [0.05, 0.1) is 13.2 Å². The second kappa shape index (κ2) is 9.46. The first-order valence-corrected chi connectivity index (χ1v) is 4.50. The summed E-state index contributed by atoms with van der Waals surface area (Å²) in [5, 5.41) is 0. The highest BCUT2D eigenvalue weighted by Gasteiger charge is 1.83. The minimum atomic E-state index is 0.819. The molecule has 0 atom stereocenters. The van der Waals surface area contributed by atoms with E-state index in [1.807, 2.05) is 18.4 Å². The van der Waals surface area contributed by atoms with Gasteiger partial charge in [-0.1, -0.05) is 24.8 Å². The van der Waals surface area contributed by atoms with Crippen LogP contribution in [0.5, 0.6) is 0 Å². The lowest BCUT2D eigenvalue weighted by Crippen LogP contribution is -1.76. The van der Waals surface area contributed by atoms with Gasteiger partial charge in [-0.3, -0.25) is 0 Å². The highest BCUT2D eigenvalue weighted by molar-refractivity contribution is 7.97. The molecule has 1 heterocycles. The third-order valence-corrected chi connectivity index (χ3v) is 1.20. The van der Waals surface area contributed by atoms with Crippen molar-refractivity contribution >= 4 is 18.2 Å². The van der Waals surface area contributed by atoms with Crippen LogP contribution in [-0.4, -0.2) is 25.7 Å². The second-order valence-electron chi connectivity index (χ2n) is 1.68. The molecule has 1 rings (SSSR count).